The Morgan fingerprint density at radius 1 is 0.771 bits per heavy atom. The van der Waals surface area contributed by atoms with Gasteiger partial charge in [0.15, 0.2) is 5.78 Å². The van der Waals surface area contributed by atoms with E-state index in [4.69, 9.17) is 0 Å². The molecule has 35 heavy (non-hydrogen) atoms. The predicted octanol–water partition coefficient (Wildman–Crippen LogP) is 9.60. The lowest BCUT2D eigenvalue weighted by Gasteiger charge is -2.28. The molecule has 2 heteroatoms. The lowest BCUT2D eigenvalue weighted by atomic mass is 9.77. The zero-order chi connectivity index (χ0) is 24.8. The van der Waals surface area contributed by atoms with Crippen LogP contribution in [0.5, 0.6) is 0 Å². The Bertz CT molecular complexity index is 1120. The summed E-state index contributed by atoms with van der Waals surface area (Å²) in [6.45, 7) is 6.18. The van der Waals surface area contributed by atoms with E-state index >= 15 is 4.39 Å². The Kier molecular flexibility index (Phi) is 8.55. The summed E-state index contributed by atoms with van der Waals surface area (Å²) in [7, 11) is 0. The molecule has 1 saturated carbocycles. The van der Waals surface area contributed by atoms with Crippen LogP contribution in [0.3, 0.4) is 0 Å². The van der Waals surface area contributed by atoms with Crippen LogP contribution in [0.4, 0.5) is 4.39 Å². The normalized spacial score (nSPS) is 17.9. The Labute approximate surface area is 210 Å². The Balaban J connectivity index is 1.45. The van der Waals surface area contributed by atoms with Gasteiger partial charge in [0.2, 0.25) is 0 Å². The molecule has 1 nitrogen and oxygen atoms in total. The van der Waals surface area contributed by atoms with E-state index in [0.29, 0.717) is 29.0 Å². The topological polar surface area (TPSA) is 17.1 Å². The highest BCUT2D eigenvalue weighted by Gasteiger charge is 2.24. The van der Waals surface area contributed by atoms with Gasteiger partial charge in [-0.1, -0.05) is 107 Å². The number of rotatable bonds is 9. The van der Waals surface area contributed by atoms with Gasteiger partial charge in [0, 0.05) is 17.5 Å². The molecule has 0 heterocycles. The summed E-state index contributed by atoms with van der Waals surface area (Å²) in [5, 5.41) is 0. The largest absolute Gasteiger partial charge is 0.294 e. The van der Waals surface area contributed by atoms with E-state index in [-0.39, 0.29) is 11.6 Å². The molecule has 0 radical (unpaired) electrons. The molecule has 0 amide bonds. The van der Waals surface area contributed by atoms with Crippen molar-refractivity contribution in [2.75, 3.05) is 0 Å². The molecule has 0 aromatic heterocycles. The second-order valence-electron chi connectivity index (χ2n) is 10.4. The van der Waals surface area contributed by atoms with Crippen LogP contribution in [-0.4, -0.2) is 5.78 Å². The van der Waals surface area contributed by atoms with Gasteiger partial charge in [0.05, 0.1) is 0 Å². The van der Waals surface area contributed by atoms with Crippen LogP contribution in [0.2, 0.25) is 0 Å². The number of benzene rings is 3. The van der Waals surface area contributed by atoms with Gasteiger partial charge in [-0.05, 0) is 65.8 Å². The minimum Gasteiger partial charge on any atom is -0.294 e. The Morgan fingerprint density at radius 2 is 1.34 bits per heavy atom. The molecule has 0 unspecified atom stereocenters. The fourth-order valence-corrected chi connectivity index (χ4v) is 5.71. The molecule has 0 bridgehead atoms. The summed E-state index contributed by atoms with van der Waals surface area (Å²) in [6.07, 6.45) is 10.1. The van der Waals surface area contributed by atoms with Crippen molar-refractivity contribution in [2.45, 2.75) is 78.6 Å². The molecule has 0 atom stereocenters. The average molecular weight is 471 g/mol. The molecule has 184 valence electrons. The SMILES string of the molecule is CCCc1ccc(-c2ccc(-c3ccc(C(=O)CC4CCC(CCC)CC4)c(C)c3F)cc2)cc1. The summed E-state index contributed by atoms with van der Waals surface area (Å²) in [5.41, 5.74) is 6.05. The summed E-state index contributed by atoms with van der Waals surface area (Å²) >= 11 is 0. The predicted molar refractivity (Wildman–Crippen MR) is 145 cm³/mol. The first-order chi connectivity index (χ1) is 17.0. The summed E-state index contributed by atoms with van der Waals surface area (Å²) in [6, 6.07) is 20.3. The Morgan fingerprint density at radius 3 is 1.94 bits per heavy atom. The molecule has 1 aliphatic rings. The molecule has 0 spiro atoms. The fourth-order valence-electron chi connectivity index (χ4n) is 5.71. The number of halogens is 1. The van der Waals surface area contributed by atoms with Crippen LogP contribution in [0.15, 0.2) is 60.7 Å². The monoisotopic (exact) mass is 470 g/mol. The van der Waals surface area contributed by atoms with Crippen molar-refractivity contribution in [3.8, 4) is 22.3 Å². The first kappa shape index (κ1) is 25.4. The lowest BCUT2D eigenvalue weighted by Crippen LogP contribution is -2.18. The molecule has 3 aromatic carbocycles. The molecule has 0 saturated heterocycles. The zero-order valence-corrected chi connectivity index (χ0v) is 21.6. The van der Waals surface area contributed by atoms with Crippen LogP contribution in [0.25, 0.3) is 22.3 Å². The van der Waals surface area contributed by atoms with E-state index in [1.54, 1.807) is 13.0 Å². The van der Waals surface area contributed by atoms with E-state index < -0.39 is 0 Å². The molecular weight excluding hydrogens is 431 g/mol. The molecular formula is C33H39FO. The van der Waals surface area contributed by atoms with Crippen molar-refractivity contribution in [1.82, 2.24) is 0 Å². The second-order valence-corrected chi connectivity index (χ2v) is 10.4. The van der Waals surface area contributed by atoms with Crippen molar-refractivity contribution in [3.63, 3.8) is 0 Å². The van der Waals surface area contributed by atoms with E-state index in [2.05, 4.69) is 38.1 Å². The van der Waals surface area contributed by atoms with Gasteiger partial charge in [-0.15, -0.1) is 0 Å². The zero-order valence-electron chi connectivity index (χ0n) is 21.6. The number of aryl methyl sites for hydroxylation is 1. The smallest absolute Gasteiger partial charge is 0.163 e. The lowest BCUT2D eigenvalue weighted by molar-refractivity contribution is 0.0941. The van der Waals surface area contributed by atoms with Gasteiger partial charge in [0.25, 0.3) is 0 Å². The second kappa shape index (κ2) is 11.8. The van der Waals surface area contributed by atoms with E-state index in [1.807, 2.05) is 30.3 Å². The van der Waals surface area contributed by atoms with Crippen molar-refractivity contribution in [3.05, 3.63) is 83.2 Å². The van der Waals surface area contributed by atoms with Crippen LogP contribution in [-0.2, 0) is 6.42 Å². The van der Waals surface area contributed by atoms with E-state index in [9.17, 15) is 4.79 Å². The molecule has 0 aliphatic heterocycles. The molecule has 0 N–H and O–H groups in total. The van der Waals surface area contributed by atoms with E-state index in [0.717, 1.165) is 48.3 Å². The van der Waals surface area contributed by atoms with Crippen LogP contribution >= 0.6 is 0 Å². The highest BCUT2D eigenvalue weighted by atomic mass is 19.1. The number of Topliss-reactive ketones (excluding diaryl/α,β-unsaturated/α-hetero) is 1. The Hall–Kier alpha value is -2.74. The number of hydrogen-bond acceptors (Lipinski definition) is 1. The van der Waals surface area contributed by atoms with Gasteiger partial charge in [0.1, 0.15) is 5.82 Å². The quantitative estimate of drug-likeness (QED) is 0.284. The maximum Gasteiger partial charge on any atom is 0.163 e. The molecule has 1 fully saturated rings. The molecule has 1 aliphatic carbocycles. The maximum atomic E-state index is 15.4. The first-order valence-corrected chi connectivity index (χ1v) is 13.5. The number of hydrogen-bond donors (Lipinski definition) is 0. The minimum absolute atomic E-state index is 0.0914. The summed E-state index contributed by atoms with van der Waals surface area (Å²) < 4.78 is 15.4. The summed E-state index contributed by atoms with van der Waals surface area (Å²) in [5.74, 6) is 1.09. The number of carbonyl (C=O) groups is 1. The standard InChI is InChI=1S/C33H39FO/c1-4-6-24-8-10-26(11-9-24)22-32(35)30-20-21-31(33(34)23(30)3)29-18-16-28(17-19-29)27-14-12-25(7-5-2)13-15-27/h12-21,24,26H,4-11,22H2,1-3H3. The molecule has 3 aromatic rings. The van der Waals surface area contributed by atoms with Gasteiger partial charge < -0.3 is 0 Å². The third-order valence-electron chi connectivity index (χ3n) is 7.85. The molecule has 4 rings (SSSR count). The highest BCUT2D eigenvalue weighted by Crippen LogP contribution is 2.35. The maximum absolute atomic E-state index is 15.4. The van der Waals surface area contributed by atoms with Crippen LogP contribution in [0.1, 0.15) is 86.7 Å². The van der Waals surface area contributed by atoms with Gasteiger partial charge >= 0.3 is 0 Å². The van der Waals surface area contributed by atoms with Gasteiger partial charge in [-0.25, -0.2) is 4.39 Å². The van der Waals surface area contributed by atoms with Crippen molar-refractivity contribution >= 4 is 5.78 Å². The van der Waals surface area contributed by atoms with Gasteiger partial charge in [-0.3, -0.25) is 4.79 Å². The third kappa shape index (κ3) is 6.10. The van der Waals surface area contributed by atoms with Crippen molar-refractivity contribution < 1.29 is 9.18 Å². The van der Waals surface area contributed by atoms with Crippen LogP contribution in [0, 0.1) is 24.6 Å². The summed E-state index contributed by atoms with van der Waals surface area (Å²) in [4.78, 5) is 13.0. The first-order valence-electron chi connectivity index (χ1n) is 13.5. The van der Waals surface area contributed by atoms with Crippen LogP contribution < -0.4 is 0 Å². The fraction of sp³-hybridized carbons (Fsp3) is 0.424. The van der Waals surface area contributed by atoms with Crippen molar-refractivity contribution in [2.24, 2.45) is 11.8 Å². The highest BCUT2D eigenvalue weighted by molar-refractivity contribution is 5.98. The van der Waals surface area contributed by atoms with E-state index in [1.165, 1.54) is 31.2 Å². The third-order valence-corrected chi connectivity index (χ3v) is 7.85. The number of ketones is 1. The minimum atomic E-state index is -0.279. The van der Waals surface area contributed by atoms with Gasteiger partial charge in [-0.2, -0.15) is 0 Å². The van der Waals surface area contributed by atoms with Crippen molar-refractivity contribution in [1.29, 1.82) is 0 Å². The number of carbonyl (C=O) groups excluding carboxylic acids is 1. The average Bonchev–Trinajstić information content (AvgIpc) is 2.88.